The Morgan fingerprint density at radius 3 is 2.64 bits per heavy atom. The molecule has 3 aliphatic rings. The molecule has 0 bridgehead atoms. The highest BCUT2D eigenvalue weighted by molar-refractivity contribution is 5.98. The van der Waals surface area contributed by atoms with E-state index in [9.17, 15) is 9.59 Å². The normalized spacial score (nSPS) is 20.6. The number of aromatic nitrogens is 1. The molecule has 1 aromatic carbocycles. The summed E-state index contributed by atoms with van der Waals surface area (Å²) >= 11 is 0. The van der Waals surface area contributed by atoms with Crippen LogP contribution in [0.25, 0.3) is 0 Å². The molecule has 3 heterocycles. The molecule has 1 aliphatic carbocycles. The number of anilines is 2. The van der Waals surface area contributed by atoms with Gasteiger partial charge in [0.25, 0.3) is 11.8 Å². The monoisotopic (exact) mass is 453 g/mol. The Morgan fingerprint density at radius 1 is 1.21 bits per heavy atom. The minimum Gasteiger partial charge on any atom is -0.478 e. The number of carbonyl (C=O) groups is 2. The third-order valence-electron chi connectivity index (χ3n) is 6.62. The minimum absolute atomic E-state index is 0.158. The van der Waals surface area contributed by atoms with Gasteiger partial charge in [-0.25, -0.2) is 9.37 Å². The number of hydrogen-bond donors (Lipinski definition) is 2. The zero-order valence-corrected chi connectivity index (χ0v) is 18.9. The predicted octanol–water partition coefficient (Wildman–Crippen LogP) is 2.32. The second-order valence-corrected chi connectivity index (χ2v) is 8.92. The molecule has 1 saturated heterocycles. The van der Waals surface area contributed by atoms with E-state index in [-0.39, 0.29) is 23.4 Å². The number of rotatable bonds is 5. The van der Waals surface area contributed by atoms with Crippen LogP contribution in [0.5, 0.6) is 5.75 Å². The molecule has 1 saturated carbocycles. The molecule has 174 valence electrons. The molecular formula is C24H28FN5O3. The first-order chi connectivity index (χ1) is 15.9. The van der Waals surface area contributed by atoms with Crippen LogP contribution in [-0.2, 0) is 11.3 Å². The fraction of sp³-hybridized carbons (Fsp3) is 0.458. The number of piperazine rings is 1. The number of benzene rings is 1. The molecule has 0 radical (unpaired) electrons. The van der Waals surface area contributed by atoms with Crippen molar-refractivity contribution in [2.24, 2.45) is 5.92 Å². The SMILES string of the molecule is CNC(=O)c1ccc(N2CCN(Cc3ccc4c(c3F)NC(=O)[C@H](C3CC3)O4)CC2)c(C)n1. The summed E-state index contributed by atoms with van der Waals surface area (Å²) in [7, 11) is 1.59. The number of nitrogens with one attached hydrogen (secondary N) is 2. The lowest BCUT2D eigenvalue weighted by Gasteiger charge is -2.37. The van der Waals surface area contributed by atoms with Crippen LogP contribution in [0.3, 0.4) is 0 Å². The molecule has 1 aromatic heterocycles. The van der Waals surface area contributed by atoms with E-state index in [0.717, 1.165) is 50.4 Å². The van der Waals surface area contributed by atoms with Crippen molar-refractivity contribution in [3.05, 3.63) is 47.0 Å². The summed E-state index contributed by atoms with van der Waals surface area (Å²) in [4.78, 5) is 33.0. The first kappa shape index (κ1) is 21.6. The Bertz CT molecular complexity index is 1100. The largest absolute Gasteiger partial charge is 0.478 e. The van der Waals surface area contributed by atoms with E-state index < -0.39 is 11.9 Å². The van der Waals surface area contributed by atoms with Crippen LogP contribution in [-0.4, -0.2) is 61.0 Å². The minimum atomic E-state index is -0.501. The molecular weight excluding hydrogens is 425 g/mol. The van der Waals surface area contributed by atoms with E-state index >= 15 is 4.39 Å². The highest BCUT2D eigenvalue weighted by Gasteiger charge is 2.41. The fourth-order valence-corrected chi connectivity index (χ4v) is 4.56. The second-order valence-electron chi connectivity index (χ2n) is 8.92. The van der Waals surface area contributed by atoms with Crippen LogP contribution >= 0.6 is 0 Å². The zero-order chi connectivity index (χ0) is 23.1. The summed E-state index contributed by atoms with van der Waals surface area (Å²) in [6.07, 6.45) is 1.46. The van der Waals surface area contributed by atoms with Crippen molar-refractivity contribution >= 4 is 23.2 Å². The van der Waals surface area contributed by atoms with E-state index in [0.29, 0.717) is 23.6 Å². The third kappa shape index (κ3) is 4.25. The Kier molecular flexibility index (Phi) is 5.65. The van der Waals surface area contributed by atoms with Gasteiger partial charge in [-0.05, 0) is 38.0 Å². The van der Waals surface area contributed by atoms with Crippen molar-refractivity contribution in [2.75, 3.05) is 43.4 Å². The van der Waals surface area contributed by atoms with E-state index in [4.69, 9.17) is 4.74 Å². The van der Waals surface area contributed by atoms with Gasteiger partial charge in [0.2, 0.25) is 0 Å². The highest BCUT2D eigenvalue weighted by atomic mass is 19.1. The number of amides is 2. The van der Waals surface area contributed by atoms with E-state index in [1.165, 1.54) is 0 Å². The van der Waals surface area contributed by atoms with E-state index in [1.54, 1.807) is 25.2 Å². The summed E-state index contributed by atoms with van der Waals surface area (Å²) in [5, 5.41) is 5.32. The van der Waals surface area contributed by atoms with Gasteiger partial charge in [0.15, 0.2) is 11.9 Å². The molecule has 1 atom stereocenters. The van der Waals surface area contributed by atoms with Gasteiger partial charge in [-0.15, -0.1) is 0 Å². The quantitative estimate of drug-likeness (QED) is 0.723. The number of pyridine rings is 1. The first-order valence-electron chi connectivity index (χ1n) is 11.4. The van der Waals surface area contributed by atoms with Gasteiger partial charge in [0, 0.05) is 51.3 Å². The van der Waals surface area contributed by atoms with Crippen molar-refractivity contribution in [2.45, 2.75) is 32.4 Å². The molecule has 2 N–H and O–H groups in total. The van der Waals surface area contributed by atoms with Crippen molar-refractivity contribution in [3.8, 4) is 5.75 Å². The molecule has 33 heavy (non-hydrogen) atoms. The summed E-state index contributed by atoms with van der Waals surface area (Å²) in [6, 6.07) is 7.19. The summed E-state index contributed by atoms with van der Waals surface area (Å²) in [5.41, 5.74) is 2.92. The number of ether oxygens (including phenoxy) is 1. The van der Waals surface area contributed by atoms with Gasteiger partial charge in [-0.1, -0.05) is 6.07 Å². The fourth-order valence-electron chi connectivity index (χ4n) is 4.56. The number of fused-ring (bicyclic) bond motifs is 1. The molecule has 2 aromatic rings. The van der Waals surface area contributed by atoms with Crippen LogP contribution in [0.2, 0.25) is 0 Å². The molecule has 2 aliphatic heterocycles. The number of nitrogens with zero attached hydrogens (tertiary/aromatic N) is 3. The Balaban J connectivity index is 1.23. The van der Waals surface area contributed by atoms with Crippen molar-refractivity contribution < 1.29 is 18.7 Å². The highest BCUT2D eigenvalue weighted by Crippen LogP contribution is 2.41. The van der Waals surface area contributed by atoms with Crippen LogP contribution in [0.15, 0.2) is 24.3 Å². The molecule has 2 amide bonds. The molecule has 0 spiro atoms. The van der Waals surface area contributed by atoms with Gasteiger partial charge in [-0.2, -0.15) is 0 Å². The van der Waals surface area contributed by atoms with Gasteiger partial charge >= 0.3 is 0 Å². The molecule has 2 fully saturated rings. The van der Waals surface area contributed by atoms with Gasteiger partial charge in [0.1, 0.15) is 17.1 Å². The van der Waals surface area contributed by atoms with Gasteiger partial charge in [-0.3, -0.25) is 14.5 Å². The summed E-state index contributed by atoms with van der Waals surface area (Å²) in [6.45, 7) is 5.44. The zero-order valence-electron chi connectivity index (χ0n) is 18.9. The number of halogens is 1. The maximum atomic E-state index is 15.2. The topological polar surface area (TPSA) is 86.8 Å². The van der Waals surface area contributed by atoms with Crippen LogP contribution in [0, 0.1) is 18.7 Å². The number of aryl methyl sites for hydroxylation is 1. The standard InChI is InChI=1S/C24H28FN5O3/c1-14-18(7-6-17(27-14)23(31)26-2)30-11-9-29(10-12-30)13-16-5-8-19-21(20(16)25)28-24(32)22(33-19)15-3-4-15/h5-8,15,22H,3-4,9-13H2,1-2H3,(H,26,31)(H,28,32)/t22-/m0/s1. The molecule has 8 nitrogen and oxygen atoms in total. The Morgan fingerprint density at radius 2 is 1.97 bits per heavy atom. The molecule has 5 rings (SSSR count). The maximum absolute atomic E-state index is 15.2. The Hall–Kier alpha value is -3.20. The van der Waals surface area contributed by atoms with Gasteiger partial charge in [0.05, 0.1) is 11.4 Å². The average molecular weight is 454 g/mol. The molecule has 0 unspecified atom stereocenters. The third-order valence-corrected chi connectivity index (χ3v) is 6.62. The van der Waals surface area contributed by atoms with Gasteiger partial charge < -0.3 is 20.3 Å². The summed E-state index contributed by atoms with van der Waals surface area (Å²) in [5.74, 6) is -0.202. The average Bonchev–Trinajstić information content (AvgIpc) is 3.66. The summed E-state index contributed by atoms with van der Waals surface area (Å²) < 4.78 is 21.0. The van der Waals surface area contributed by atoms with Crippen molar-refractivity contribution in [3.63, 3.8) is 0 Å². The van der Waals surface area contributed by atoms with Crippen LogP contribution in [0.1, 0.15) is 34.6 Å². The van der Waals surface area contributed by atoms with Crippen LogP contribution in [0.4, 0.5) is 15.8 Å². The Labute approximate surface area is 192 Å². The van der Waals surface area contributed by atoms with E-state index in [1.807, 2.05) is 13.0 Å². The smallest absolute Gasteiger partial charge is 0.269 e. The number of carbonyl (C=O) groups excluding carboxylic acids is 2. The molecule has 9 heteroatoms. The van der Waals surface area contributed by atoms with Crippen molar-refractivity contribution in [1.29, 1.82) is 0 Å². The lowest BCUT2D eigenvalue weighted by molar-refractivity contribution is -0.124. The lowest BCUT2D eigenvalue weighted by Crippen LogP contribution is -2.46. The van der Waals surface area contributed by atoms with Crippen molar-refractivity contribution in [1.82, 2.24) is 15.2 Å². The lowest BCUT2D eigenvalue weighted by atomic mass is 10.1. The predicted molar refractivity (Wildman–Crippen MR) is 122 cm³/mol. The second kappa shape index (κ2) is 8.62. The van der Waals surface area contributed by atoms with E-state index in [2.05, 4.69) is 25.4 Å². The van der Waals surface area contributed by atoms with Crippen LogP contribution < -0.4 is 20.3 Å². The maximum Gasteiger partial charge on any atom is 0.269 e. The first-order valence-corrected chi connectivity index (χ1v) is 11.4. The number of hydrogen-bond acceptors (Lipinski definition) is 6.